The van der Waals surface area contributed by atoms with Crippen molar-refractivity contribution in [1.29, 1.82) is 0 Å². The van der Waals surface area contributed by atoms with Crippen LogP contribution in [0, 0.1) is 30.3 Å². The molecule has 0 aliphatic rings. The lowest BCUT2D eigenvalue weighted by Crippen LogP contribution is -1.92. The van der Waals surface area contributed by atoms with Crippen molar-refractivity contribution in [3.8, 4) is 11.5 Å². The second-order valence-corrected chi connectivity index (χ2v) is 6.45. The number of hydrogen-bond acceptors (Lipinski definition) is 10. The molecule has 0 aliphatic heterocycles. The van der Waals surface area contributed by atoms with Crippen LogP contribution in [0.15, 0.2) is 64.6 Å². The first kappa shape index (κ1) is 22.5. The van der Waals surface area contributed by atoms with E-state index in [0.717, 1.165) is 54.9 Å². The van der Waals surface area contributed by atoms with Crippen molar-refractivity contribution < 1.29 is 25.0 Å². The molecule has 0 aliphatic carbocycles. The Morgan fingerprint density at radius 1 is 0.667 bits per heavy atom. The Hall–Kier alpha value is -5.20. The monoisotopic (exact) mass is 451 g/mol. The predicted octanol–water partition coefficient (Wildman–Crippen LogP) is 4.32. The number of non-ortho nitro benzene ring substituents is 2. The molecule has 0 amide bonds. The van der Waals surface area contributed by atoms with E-state index in [-0.39, 0.29) is 45.4 Å². The maximum Gasteiger partial charge on any atom is 0.296 e. The third-order valence-corrected chi connectivity index (χ3v) is 4.29. The van der Waals surface area contributed by atoms with Gasteiger partial charge < -0.3 is 10.2 Å². The van der Waals surface area contributed by atoms with Crippen LogP contribution in [0.1, 0.15) is 11.1 Å². The number of aromatic hydroxyl groups is 2. The summed E-state index contributed by atoms with van der Waals surface area (Å²) in [5.41, 5.74) is -0.995. The average Bonchev–Trinajstić information content (AvgIpc) is 2.77. The molecule has 3 aromatic rings. The van der Waals surface area contributed by atoms with E-state index in [1.54, 1.807) is 0 Å². The van der Waals surface area contributed by atoms with Crippen molar-refractivity contribution in [3.05, 3.63) is 96.1 Å². The van der Waals surface area contributed by atoms with Gasteiger partial charge in [-0.1, -0.05) is 0 Å². The maximum atomic E-state index is 11.5. The van der Waals surface area contributed by atoms with Gasteiger partial charge in [0.2, 0.25) is 0 Å². The average molecular weight is 451 g/mol. The molecule has 3 aromatic carbocycles. The van der Waals surface area contributed by atoms with Crippen molar-refractivity contribution >= 4 is 40.9 Å². The number of nitrogens with zero attached hydrogens (tertiary/aromatic N) is 5. The molecule has 0 saturated carbocycles. The minimum atomic E-state index is -0.718. The van der Waals surface area contributed by atoms with E-state index in [0.29, 0.717) is 0 Å². The van der Waals surface area contributed by atoms with Crippen molar-refractivity contribution in [2.45, 2.75) is 0 Å². The van der Waals surface area contributed by atoms with E-state index >= 15 is 0 Å². The van der Waals surface area contributed by atoms with E-state index in [2.05, 4.69) is 9.98 Å². The number of nitro benzene ring substituents is 3. The maximum absolute atomic E-state index is 11.5. The Kier molecular flexibility index (Phi) is 6.34. The minimum Gasteiger partial charge on any atom is -0.507 e. The summed E-state index contributed by atoms with van der Waals surface area (Å²) in [6.07, 6.45) is 2.17. The molecule has 2 N–H and O–H groups in total. The lowest BCUT2D eigenvalue weighted by molar-refractivity contribution is -0.385. The van der Waals surface area contributed by atoms with Crippen LogP contribution in [-0.2, 0) is 0 Å². The van der Waals surface area contributed by atoms with Crippen LogP contribution < -0.4 is 0 Å². The Bertz CT molecular complexity index is 1340. The molecule has 0 saturated heterocycles. The molecule has 0 bridgehead atoms. The molecular weight excluding hydrogens is 438 g/mol. The van der Waals surface area contributed by atoms with Crippen LogP contribution in [0.4, 0.5) is 28.4 Å². The zero-order valence-corrected chi connectivity index (χ0v) is 16.4. The molecule has 166 valence electrons. The van der Waals surface area contributed by atoms with E-state index in [1.807, 2.05) is 0 Å². The molecule has 0 aromatic heterocycles. The highest BCUT2D eigenvalue weighted by molar-refractivity contribution is 5.88. The van der Waals surface area contributed by atoms with Crippen molar-refractivity contribution in [2.24, 2.45) is 9.98 Å². The van der Waals surface area contributed by atoms with Crippen molar-refractivity contribution in [3.63, 3.8) is 0 Å². The summed E-state index contributed by atoms with van der Waals surface area (Å²) in [5, 5.41) is 52.9. The molecule has 33 heavy (non-hydrogen) atoms. The first-order valence-electron chi connectivity index (χ1n) is 8.97. The highest BCUT2D eigenvalue weighted by atomic mass is 16.6. The second-order valence-electron chi connectivity index (χ2n) is 6.45. The van der Waals surface area contributed by atoms with Gasteiger partial charge in [-0.05, 0) is 24.3 Å². The van der Waals surface area contributed by atoms with Crippen LogP contribution in [0.3, 0.4) is 0 Å². The number of phenols is 2. The summed E-state index contributed by atoms with van der Waals surface area (Å²) in [6.45, 7) is 0. The largest absolute Gasteiger partial charge is 0.507 e. The summed E-state index contributed by atoms with van der Waals surface area (Å²) >= 11 is 0. The highest BCUT2D eigenvalue weighted by Gasteiger charge is 2.15. The smallest absolute Gasteiger partial charge is 0.296 e. The molecular formula is C20H13N5O8. The van der Waals surface area contributed by atoms with Gasteiger partial charge in [-0.3, -0.25) is 35.3 Å². The van der Waals surface area contributed by atoms with Crippen LogP contribution >= 0.6 is 0 Å². The van der Waals surface area contributed by atoms with E-state index in [4.69, 9.17) is 0 Å². The highest BCUT2D eigenvalue weighted by Crippen LogP contribution is 2.32. The Morgan fingerprint density at radius 2 is 1.18 bits per heavy atom. The summed E-state index contributed by atoms with van der Waals surface area (Å²) in [5.74, 6) is -0.568. The molecule has 13 heteroatoms. The predicted molar refractivity (Wildman–Crippen MR) is 117 cm³/mol. The topological polar surface area (TPSA) is 195 Å². The standard InChI is InChI=1S/C20H13N5O8/c26-19-5-2-15(23(28)29)7-12(19)10-21-14-1-4-17(18(9-14)25(32)33)22-11-13-8-16(24(30)31)3-6-20(13)27/h1-11,26-27H. The lowest BCUT2D eigenvalue weighted by Gasteiger charge is -2.02. The van der Waals surface area contributed by atoms with E-state index in [1.165, 1.54) is 12.1 Å². The van der Waals surface area contributed by atoms with Gasteiger partial charge in [-0.15, -0.1) is 0 Å². The summed E-state index contributed by atoms with van der Waals surface area (Å²) in [4.78, 5) is 39.2. The van der Waals surface area contributed by atoms with Gasteiger partial charge in [-0.25, -0.2) is 4.99 Å². The first-order chi connectivity index (χ1) is 15.7. The zero-order valence-electron chi connectivity index (χ0n) is 16.4. The number of benzene rings is 3. The van der Waals surface area contributed by atoms with Gasteiger partial charge in [0.15, 0.2) is 0 Å². The number of hydrogen-bond donors (Lipinski definition) is 2. The zero-order chi connectivity index (χ0) is 24.1. The number of rotatable bonds is 7. The number of aliphatic imine (C=N–C) groups is 2. The fraction of sp³-hybridized carbons (Fsp3) is 0. The van der Waals surface area contributed by atoms with Gasteiger partial charge >= 0.3 is 0 Å². The molecule has 0 heterocycles. The molecule has 0 unspecified atom stereocenters. The van der Waals surface area contributed by atoms with Crippen LogP contribution in [0.2, 0.25) is 0 Å². The first-order valence-corrected chi connectivity index (χ1v) is 8.97. The third-order valence-electron chi connectivity index (χ3n) is 4.29. The number of phenolic OH excluding ortho intramolecular Hbond substituents is 2. The van der Waals surface area contributed by atoms with Gasteiger partial charge in [-0.2, -0.15) is 0 Å². The lowest BCUT2D eigenvalue weighted by atomic mass is 10.2. The van der Waals surface area contributed by atoms with Gasteiger partial charge in [0.05, 0.1) is 20.5 Å². The minimum absolute atomic E-state index is 0.0123. The van der Waals surface area contributed by atoms with Crippen molar-refractivity contribution in [2.75, 3.05) is 0 Å². The van der Waals surface area contributed by atoms with Gasteiger partial charge in [0.25, 0.3) is 17.1 Å². The fourth-order valence-electron chi connectivity index (χ4n) is 2.65. The van der Waals surface area contributed by atoms with Crippen LogP contribution in [-0.4, -0.2) is 37.4 Å². The number of nitro groups is 3. The molecule has 0 fully saturated rings. The molecule has 13 nitrogen and oxygen atoms in total. The molecule has 3 rings (SSSR count). The summed E-state index contributed by atoms with van der Waals surface area (Å²) < 4.78 is 0. The van der Waals surface area contributed by atoms with Gasteiger partial charge in [0, 0.05) is 53.9 Å². The summed E-state index contributed by atoms with van der Waals surface area (Å²) in [7, 11) is 0. The van der Waals surface area contributed by atoms with Crippen molar-refractivity contribution in [1.82, 2.24) is 0 Å². The SMILES string of the molecule is O=[N+]([O-])c1ccc(O)c(C=Nc2ccc(N=Cc3cc([N+](=O)[O-])ccc3O)c([N+](=O)[O-])c2)c1. The molecule has 0 radical (unpaired) electrons. The van der Waals surface area contributed by atoms with E-state index in [9.17, 15) is 40.6 Å². The summed E-state index contributed by atoms with van der Waals surface area (Å²) in [6, 6.07) is 10.3. The third kappa shape index (κ3) is 5.29. The normalized spacial score (nSPS) is 11.2. The fourth-order valence-corrected chi connectivity index (χ4v) is 2.65. The molecule has 0 atom stereocenters. The Balaban J connectivity index is 1.93. The quantitative estimate of drug-likeness (QED) is 0.301. The second kappa shape index (κ2) is 9.30. The Labute approximate surface area is 184 Å². The van der Waals surface area contributed by atoms with E-state index < -0.39 is 20.5 Å². The van der Waals surface area contributed by atoms with Crippen LogP contribution in [0.5, 0.6) is 11.5 Å². The van der Waals surface area contributed by atoms with Gasteiger partial charge in [0.1, 0.15) is 17.2 Å². The van der Waals surface area contributed by atoms with Crippen LogP contribution in [0.25, 0.3) is 0 Å². The molecule has 0 spiro atoms. The Morgan fingerprint density at radius 3 is 1.67 bits per heavy atom.